The summed E-state index contributed by atoms with van der Waals surface area (Å²) in [6, 6.07) is 13.2. The van der Waals surface area contributed by atoms with E-state index in [1.807, 2.05) is 43.3 Å². The van der Waals surface area contributed by atoms with E-state index in [2.05, 4.69) is 5.32 Å². The first-order chi connectivity index (χ1) is 14.5. The zero-order valence-electron chi connectivity index (χ0n) is 17.0. The lowest BCUT2D eigenvalue weighted by atomic mass is 9.73. The van der Waals surface area contributed by atoms with Gasteiger partial charge in [0.25, 0.3) is 0 Å². The number of methoxy groups -OCH3 is 1. The zero-order valence-corrected chi connectivity index (χ0v) is 17.8. The molecule has 1 amide bonds. The molecule has 0 radical (unpaired) electrons. The van der Waals surface area contributed by atoms with E-state index in [4.69, 9.17) is 21.1 Å². The van der Waals surface area contributed by atoms with E-state index in [0.29, 0.717) is 47.2 Å². The van der Waals surface area contributed by atoms with Crippen molar-refractivity contribution < 1.29 is 19.1 Å². The van der Waals surface area contributed by atoms with E-state index in [1.54, 1.807) is 13.2 Å². The molecule has 1 aliphatic heterocycles. The van der Waals surface area contributed by atoms with Crippen LogP contribution in [0.4, 0.5) is 0 Å². The standard InChI is InChI=1S/C24H24ClNO4/c1-3-30-21-9-8-14(12-22(21)29-2)15-10-19-24(20(27)11-15)17(13-23(28)26-19)16-6-4-5-7-18(16)25/h4-9,12,15,17H,3,10-11,13H2,1-2H3,(H,26,28). The molecule has 2 aliphatic rings. The van der Waals surface area contributed by atoms with Crippen LogP contribution in [0, 0.1) is 0 Å². The maximum absolute atomic E-state index is 13.2. The summed E-state index contributed by atoms with van der Waals surface area (Å²) in [5.74, 6) is 0.950. The largest absolute Gasteiger partial charge is 0.493 e. The van der Waals surface area contributed by atoms with Gasteiger partial charge in [-0.25, -0.2) is 0 Å². The van der Waals surface area contributed by atoms with Gasteiger partial charge in [0.2, 0.25) is 5.91 Å². The molecule has 1 heterocycles. The lowest BCUT2D eigenvalue weighted by Gasteiger charge is -2.34. The number of halogens is 1. The molecule has 156 valence electrons. The third kappa shape index (κ3) is 3.82. The van der Waals surface area contributed by atoms with Crippen molar-refractivity contribution in [3.8, 4) is 11.5 Å². The Bertz CT molecular complexity index is 1030. The molecule has 0 saturated carbocycles. The average molecular weight is 426 g/mol. The van der Waals surface area contributed by atoms with Gasteiger partial charge in [-0.1, -0.05) is 35.9 Å². The van der Waals surface area contributed by atoms with Gasteiger partial charge < -0.3 is 14.8 Å². The molecule has 0 spiro atoms. The van der Waals surface area contributed by atoms with Gasteiger partial charge in [-0.2, -0.15) is 0 Å². The normalized spacial score (nSPS) is 21.2. The van der Waals surface area contributed by atoms with Crippen molar-refractivity contribution in [1.29, 1.82) is 0 Å². The van der Waals surface area contributed by atoms with Crippen molar-refractivity contribution in [3.63, 3.8) is 0 Å². The predicted octanol–water partition coefficient (Wildman–Crippen LogP) is 4.75. The van der Waals surface area contributed by atoms with E-state index < -0.39 is 0 Å². The van der Waals surface area contributed by atoms with Gasteiger partial charge >= 0.3 is 0 Å². The van der Waals surface area contributed by atoms with Crippen LogP contribution in [0.5, 0.6) is 11.5 Å². The number of Topliss-reactive ketones (excluding diaryl/α,β-unsaturated/α-hetero) is 1. The SMILES string of the molecule is CCOc1ccc(C2CC(=O)C3=C(C2)NC(=O)CC3c2ccccc2Cl)cc1OC. The Morgan fingerprint density at radius 3 is 2.60 bits per heavy atom. The topological polar surface area (TPSA) is 64.6 Å². The predicted molar refractivity (Wildman–Crippen MR) is 115 cm³/mol. The van der Waals surface area contributed by atoms with Crippen LogP contribution in [-0.2, 0) is 9.59 Å². The van der Waals surface area contributed by atoms with Crippen LogP contribution in [0.2, 0.25) is 5.02 Å². The van der Waals surface area contributed by atoms with Crippen molar-refractivity contribution in [2.24, 2.45) is 0 Å². The molecule has 0 bridgehead atoms. The van der Waals surface area contributed by atoms with Gasteiger partial charge in [-0.3, -0.25) is 9.59 Å². The first-order valence-electron chi connectivity index (χ1n) is 10.1. The molecule has 0 saturated heterocycles. The molecular formula is C24H24ClNO4. The summed E-state index contributed by atoms with van der Waals surface area (Å²) in [5.41, 5.74) is 3.22. The van der Waals surface area contributed by atoms with Gasteiger partial charge in [0, 0.05) is 35.1 Å². The Morgan fingerprint density at radius 2 is 1.87 bits per heavy atom. The van der Waals surface area contributed by atoms with Crippen LogP contribution in [-0.4, -0.2) is 25.4 Å². The third-order valence-electron chi connectivity index (χ3n) is 5.78. The Balaban J connectivity index is 1.69. The molecule has 2 unspecified atom stereocenters. The summed E-state index contributed by atoms with van der Waals surface area (Å²) in [6.45, 7) is 2.46. The third-order valence-corrected chi connectivity index (χ3v) is 6.12. The second kappa shape index (κ2) is 8.52. The number of rotatable bonds is 5. The van der Waals surface area contributed by atoms with E-state index in [9.17, 15) is 9.59 Å². The maximum Gasteiger partial charge on any atom is 0.225 e. The summed E-state index contributed by atoms with van der Waals surface area (Å²) in [6.07, 6.45) is 1.20. The Hall–Kier alpha value is -2.79. The second-order valence-corrected chi connectivity index (χ2v) is 8.00. The van der Waals surface area contributed by atoms with E-state index in [1.165, 1.54) is 0 Å². The van der Waals surface area contributed by atoms with Crippen LogP contribution in [0.3, 0.4) is 0 Å². The molecule has 1 N–H and O–H groups in total. The maximum atomic E-state index is 13.2. The van der Waals surface area contributed by atoms with Gasteiger partial charge in [0.05, 0.1) is 13.7 Å². The number of hydrogen-bond donors (Lipinski definition) is 1. The van der Waals surface area contributed by atoms with E-state index in [0.717, 1.165) is 11.1 Å². The van der Waals surface area contributed by atoms with Crippen LogP contribution < -0.4 is 14.8 Å². The summed E-state index contributed by atoms with van der Waals surface area (Å²) >= 11 is 6.39. The molecule has 6 heteroatoms. The number of carbonyl (C=O) groups is 2. The lowest BCUT2D eigenvalue weighted by Crippen LogP contribution is -2.38. The van der Waals surface area contributed by atoms with Crippen molar-refractivity contribution in [2.45, 2.75) is 38.0 Å². The quantitative estimate of drug-likeness (QED) is 0.750. The fourth-order valence-electron chi connectivity index (χ4n) is 4.43. The number of allylic oxidation sites excluding steroid dienone is 2. The highest BCUT2D eigenvalue weighted by atomic mass is 35.5. The summed E-state index contributed by atoms with van der Waals surface area (Å²) in [4.78, 5) is 25.7. The molecule has 5 nitrogen and oxygen atoms in total. The molecule has 2 aromatic carbocycles. The smallest absolute Gasteiger partial charge is 0.225 e. The van der Waals surface area contributed by atoms with Gasteiger partial charge in [0.1, 0.15) is 0 Å². The number of amides is 1. The van der Waals surface area contributed by atoms with Gasteiger partial charge in [0.15, 0.2) is 17.3 Å². The number of ketones is 1. The van der Waals surface area contributed by atoms with Crippen molar-refractivity contribution in [3.05, 3.63) is 69.9 Å². The molecule has 4 rings (SSSR count). The van der Waals surface area contributed by atoms with Crippen molar-refractivity contribution >= 4 is 23.3 Å². The highest BCUT2D eigenvalue weighted by Crippen LogP contribution is 2.44. The fourth-order valence-corrected chi connectivity index (χ4v) is 4.70. The Morgan fingerprint density at radius 1 is 1.07 bits per heavy atom. The minimum absolute atomic E-state index is 0.0360. The molecule has 0 aromatic heterocycles. The monoisotopic (exact) mass is 425 g/mol. The van der Waals surface area contributed by atoms with Crippen LogP contribution >= 0.6 is 11.6 Å². The number of carbonyl (C=O) groups excluding carboxylic acids is 2. The number of hydrogen-bond acceptors (Lipinski definition) is 4. The second-order valence-electron chi connectivity index (χ2n) is 7.59. The summed E-state index contributed by atoms with van der Waals surface area (Å²) in [5, 5.41) is 3.53. The molecule has 2 aromatic rings. The number of ether oxygens (including phenoxy) is 2. The molecule has 1 aliphatic carbocycles. The molecule has 30 heavy (non-hydrogen) atoms. The van der Waals surface area contributed by atoms with Crippen LogP contribution in [0.15, 0.2) is 53.7 Å². The summed E-state index contributed by atoms with van der Waals surface area (Å²) < 4.78 is 11.1. The summed E-state index contributed by atoms with van der Waals surface area (Å²) in [7, 11) is 1.60. The Labute approximate surface area is 181 Å². The highest BCUT2D eigenvalue weighted by molar-refractivity contribution is 6.31. The minimum Gasteiger partial charge on any atom is -0.493 e. The lowest BCUT2D eigenvalue weighted by molar-refractivity contribution is -0.122. The van der Waals surface area contributed by atoms with E-state index >= 15 is 0 Å². The molecule has 0 fully saturated rings. The number of benzene rings is 2. The first-order valence-corrected chi connectivity index (χ1v) is 10.5. The highest BCUT2D eigenvalue weighted by Gasteiger charge is 2.38. The van der Waals surface area contributed by atoms with Gasteiger partial charge in [-0.05, 0) is 48.6 Å². The fraction of sp³-hybridized carbons (Fsp3) is 0.333. The zero-order chi connectivity index (χ0) is 21.3. The van der Waals surface area contributed by atoms with E-state index in [-0.39, 0.29) is 29.9 Å². The minimum atomic E-state index is -0.300. The van der Waals surface area contributed by atoms with Crippen LogP contribution in [0.25, 0.3) is 0 Å². The first kappa shape index (κ1) is 20.5. The van der Waals surface area contributed by atoms with Crippen molar-refractivity contribution in [2.75, 3.05) is 13.7 Å². The number of nitrogens with one attached hydrogen (secondary N) is 1. The van der Waals surface area contributed by atoms with Gasteiger partial charge in [-0.15, -0.1) is 0 Å². The molecule has 2 atom stereocenters. The Kier molecular flexibility index (Phi) is 5.82. The van der Waals surface area contributed by atoms with Crippen LogP contribution in [0.1, 0.15) is 49.1 Å². The van der Waals surface area contributed by atoms with Crippen molar-refractivity contribution in [1.82, 2.24) is 5.32 Å². The molecular weight excluding hydrogens is 402 g/mol. The average Bonchev–Trinajstić information content (AvgIpc) is 2.73.